The molecule has 11 nitrogen and oxygen atoms in total. The van der Waals surface area contributed by atoms with E-state index in [9.17, 15) is 14.9 Å². The molecular formula is C40H36N6O5. The van der Waals surface area contributed by atoms with Crippen molar-refractivity contribution in [3.8, 4) is 22.5 Å². The molecule has 0 radical (unpaired) electrons. The highest BCUT2D eigenvalue weighted by molar-refractivity contribution is 5.97. The number of pyridine rings is 1. The molecule has 11 heteroatoms. The van der Waals surface area contributed by atoms with Crippen LogP contribution in [0.1, 0.15) is 52.0 Å². The third-order valence-electron chi connectivity index (χ3n) is 8.93. The van der Waals surface area contributed by atoms with Gasteiger partial charge >= 0.3 is 5.97 Å². The lowest BCUT2D eigenvalue weighted by molar-refractivity contribution is -0.763. The monoisotopic (exact) mass is 680 g/mol. The van der Waals surface area contributed by atoms with Gasteiger partial charge in [0.15, 0.2) is 0 Å². The number of fused-ring (bicyclic) bond motifs is 2. The molecule has 7 rings (SSSR count). The molecule has 0 fully saturated rings. The summed E-state index contributed by atoms with van der Waals surface area (Å²) in [5.41, 5.74) is 10.3. The molecule has 0 atom stereocenters. The number of carbonyl (C=O) groups excluding carboxylic acids is 1. The number of aryl methyl sites for hydroxylation is 3. The summed E-state index contributed by atoms with van der Waals surface area (Å²) in [6.07, 6.45) is 1.83. The van der Waals surface area contributed by atoms with Crippen LogP contribution in [0, 0.1) is 17.0 Å². The van der Waals surface area contributed by atoms with Crippen LogP contribution in [0.5, 0.6) is 0 Å². The molecule has 3 heterocycles. The van der Waals surface area contributed by atoms with Gasteiger partial charge in [-0.25, -0.2) is 14.8 Å². The Morgan fingerprint density at radius 1 is 0.824 bits per heavy atom. The Morgan fingerprint density at radius 2 is 1.57 bits per heavy atom. The second-order valence-electron chi connectivity index (χ2n) is 12.4. The van der Waals surface area contributed by atoms with E-state index in [0.29, 0.717) is 23.5 Å². The zero-order valence-electron chi connectivity index (χ0n) is 28.6. The first-order valence-electron chi connectivity index (χ1n) is 16.8. The van der Waals surface area contributed by atoms with Gasteiger partial charge in [0.25, 0.3) is 5.09 Å². The van der Waals surface area contributed by atoms with Crippen LogP contribution < -0.4 is 0 Å². The summed E-state index contributed by atoms with van der Waals surface area (Å²) >= 11 is 0. The van der Waals surface area contributed by atoms with Gasteiger partial charge in [-0.15, -0.1) is 10.1 Å². The van der Waals surface area contributed by atoms with Crippen LogP contribution in [0.2, 0.25) is 0 Å². The third-order valence-corrected chi connectivity index (χ3v) is 8.93. The normalized spacial score (nSPS) is 11.3. The molecule has 0 spiro atoms. The molecule has 0 aliphatic rings. The number of aromatic nitrogens is 5. The molecule has 0 aliphatic carbocycles. The molecule has 51 heavy (non-hydrogen) atoms. The second-order valence-corrected chi connectivity index (χ2v) is 12.4. The van der Waals surface area contributed by atoms with Crippen LogP contribution in [-0.2, 0) is 42.8 Å². The van der Waals surface area contributed by atoms with E-state index in [1.165, 1.54) is 0 Å². The summed E-state index contributed by atoms with van der Waals surface area (Å²) in [6.45, 7) is 4.55. The van der Waals surface area contributed by atoms with Crippen molar-refractivity contribution >= 4 is 28.0 Å². The maximum Gasteiger partial charge on any atom is 0.339 e. The van der Waals surface area contributed by atoms with Gasteiger partial charge in [-0.3, -0.25) is 4.98 Å². The van der Waals surface area contributed by atoms with Gasteiger partial charge < -0.3 is 18.7 Å². The van der Waals surface area contributed by atoms with Crippen molar-refractivity contribution in [3.63, 3.8) is 0 Å². The van der Waals surface area contributed by atoms with E-state index in [4.69, 9.17) is 14.7 Å². The van der Waals surface area contributed by atoms with E-state index in [1.807, 2.05) is 42.5 Å². The molecule has 0 amide bonds. The highest BCUT2D eigenvalue weighted by atomic mass is 16.9. The maximum absolute atomic E-state index is 13.3. The first kappa shape index (κ1) is 33.2. The molecule has 0 aliphatic heterocycles. The minimum absolute atomic E-state index is 0.0882. The third kappa shape index (κ3) is 6.91. The van der Waals surface area contributed by atoms with Crippen molar-refractivity contribution in [1.29, 1.82) is 0 Å². The zero-order chi connectivity index (χ0) is 35.5. The van der Waals surface area contributed by atoms with Gasteiger partial charge in [0.2, 0.25) is 0 Å². The second kappa shape index (κ2) is 14.2. The minimum Gasteiger partial charge on any atom is -0.456 e. The number of ether oxygens (including phenoxy) is 1. The molecule has 4 aromatic carbocycles. The molecule has 0 saturated carbocycles. The Balaban J connectivity index is 1.14. The van der Waals surface area contributed by atoms with Gasteiger partial charge in [-0.05, 0) is 78.1 Å². The fraction of sp³-hybridized carbons (Fsp3) is 0.200. The molecule has 7 aromatic rings. The van der Waals surface area contributed by atoms with Crippen LogP contribution in [0.3, 0.4) is 0 Å². The topological polar surface area (TPSA) is 127 Å². The lowest BCUT2D eigenvalue weighted by Gasteiger charge is -2.13. The van der Waals surface area contributed by atoms with Gasteiger partial charge in [-0.1, -0.05) is 67.6 Å². The summed E-state index contributed by atoms with van der Waals surface area (Å²) in [5.74, 6) is 1.46. The quantitative estimate of drug-likeness (QED) is 0.0721. The first-order chi connectivity index (χ1) is 24.8. The average molecular weight is 681 g/mol. The molecule has 256 valence electrons. The van der Waals surface area contributed by atoms with Crippen LogP contribution in [0.25, 0.3) is 44.6 Å². The minimum atomic E-state index is -0.872. The Kier molecular flexibility index (Phi) is 9.26. The van der Waals surface area contributed by atoms with Crippen molar-refractivity contribution in [1.82, 2.24) is 24.1 Å². The van der Waals surface area contributed by atoms with E-state index < -0.39 is 11.1 Å². The molecule has 0 bridgehead atoms. The summed E-state index contributed by atoms with van der Waals surface area (Å²) in [6, 6.07) is 33.1. The van der Waals surface area contributed by atoms with Crippen molar-refractivity contribution < 1.29 is 19.5 Å². The Labute approximate surface area is 294 Å². The van der Waals surface area contributed by atoms with Gasteiger partial charge in [0, 0.05) is 25.6 Å². The van der Waals surface area contributed by atoms with Crippen molar-refractivity contribution in [2.24, 2.45) is 7.05 Å². The van der Waals surface area contributed by atoms with Gasteiger partial charge in [0.05, 0.1) is 39.0 Å². The number of hydrogen-bond donors (Lipinski definition) is 0. The van der Waals surface area contributed by atoms with Crippen LogP contribution >= 0.6 is 0 Å². The fourth-order valence-electron chi connectivity index (χ4n) is 6.48. The highest BCUT2D eigenvalue weighted by Crippen LogP contribution is 2.31. The van der Waals surface area contributed by atoms with Crippen molar-refractivity contribution in [2.75, 3.05) is 0 Å². The van der Waals surface area contributed by atoms with Crippen LogP contribution in [0.4, 0.5) is 0 Å². The van der Waals surface area contributed by atoms with E-state index >= 15 is 0 Å². The van der Waals surface area contributed by atoms with Gasteiger partial charge in [-0.2, -0.15) is 0 Å². The maximum atomic E-state index is 13.3. The molecule has 0 saturated heterocycles. The van der Waals surface area contributed by atoms with E-state index in [1.54, 1.807) is 30.3 Å². The summed E-state index contributed by atoms with van der Waals surface area (Å²) < 4.78 is 10.1. The largest absolute Gasteiger partial charge is 0.456 e. The Hall–Kier alpha value is -6.36. The Bertz CT molecular complexity index is 2400. The van der Waals surface area contributed by atoms with E-state index in [2.05, 4.69) is 70.2 Å². The smallest absolute Gasteiger partial charge is 0.339 e. The summed E-state index contributed by atoms with van der Waals surface area (Å²) in [5, 5.41) is 9.66. The number of imidazole rings is 2. The highest BCUT2D eigenvalue weighted by Gasteiger charge is 2.18. The number of esters is 1. The van der Waals surface area contributed by atoms with E-state index in [0.717, 1.165) is 74.4 Å². The predicted molar refractivity (Wildman–Crippen MR) is 194 cm³/mol. The number of rotatable bonds is 12. The van der Waals surface area contributed by atoms with Gasteiger partial charge in [0.1, 0.15) is 24.9 Å². The summed E-state index contributed by atoms with van der Waals surface area (Å²) in [7, 11) is 2.05. The molecule has 0 unspecified atom stereocenters. The van der Waals surface area contributed by atoms with E-state index in [-0.39, 0.29) is 13.2 Å². The van der Waals surface area contributed by atoms with Crippen molar-refractivity contribution in [3.05, 3.63) is 147 Å². The van der Waals surface area contributed by atoms with Crippen molar-refractivity contribution in [2.45, 2.75) is 46.4 Å². The SMILES string of the molecule is CCCc1nc2c(C)cc(-c3nc4ccccc4n3C)cc2n1Cc1ccc(-c2ccccc2C(=O)OCc2cccc(CO[N+](=O)[O-])n2)cc1. The molecule has 0 N–H and O–H groups in total. The number of nitrogens with zero attached hydrogens (tertiary/aromatic N) is 6. The fourth-order valence-corrected chi connectivity index (χ4v) is 6.48. The Morgan fingerprint density at radius 3 is 2.33 bits per heavy atom. The lowest BCUT2D eigenvalue weighted by Crippen LogP contribution is -2.09. The standard InChI is InChI=1S/C40H36N6O5/c1-4-10-37-43-38-26(2)21-29(39-42-34-15-7-8-16-35(34)44(39)3)22-36(38)45(37)23-27-17-19-28(20-18-27)32-13-5-6-14-33(32)40(47)50-24-30-11-9-12-31(41-30)25-51-46(48)49/h5-9,11-22H,4,10,23-25H2,1-3H3. The summed E-state index contributed by atoms with van der Waals surface area (Å²) in [4.78, 5) is 42.5. The molecule has 3 aromatic heterocycles. The average Bonchev–Trinajstić information content (AvgIpc) is 3.67. The number of para-hydroxylation sites is 2. The zero-order valence-corrected chi connectivity index (χ0v) is 28.6. The van der Waals surface area contributed by atoms with Crippen LogP contribution in [-0.4, -0.2) is 35.1 Å². The predicted octanol–water partition coefficient (Wildman–Crippen LogP) is 8.03. The van der Waals surface area contributed by atoms with Crippen LogP contribution in [0.15, 0.2) is 103 Å². The number of hydrogen-bond acceptors (Lipinski definition) is 8. The number of carbonyl (C=O) groups is 1. The lowest BCUT2D eigenvalue weighted by atomic mass is 9.98. The first-order valence-corrected chi connectivity index (χ1v) is 16.8. The molecular weight excluding hydrogens is 644 g/mol. The number of benzene rings is 4.